The van der Waals surface area contributed by atoms with Crippen molar-refractivity contribution >= 4 is 16.9 Å². The van der Waals surface area contributed by atoms with Gasteiger partial charge in [-0.15, -0.1) is 0 Å². The third-order valence-corrected chi connectivity index (χ3v) is 3.81. The lowest BCUT2D eigenvalue weighted by atomic mass is 10.1. The van der Waals surface area contributed by atoms with Crippen molar-refractivity contribution in [2.75, 3.05) is 21.0 Å². The van der Waals surface area contributed by atoms with Gasteiger partial charge in [-0.05, 0) is 18.2 Å². The molecule has 0 spiro atoms. The van der Waals surface area contributed by atoms with Crippen LogP contribution < -0.4 is 4.74 Å². The maximum absolute atomic E-state index is 11.9. The number of carbonyl (C=O) groups is 1. The SMILES string of the molecule is COCOc1cc(-n2cc(C#N)c3ccccc32)ccc1C(=O)OC. The summed E-state index contributed by atoms with van der Waals surface area (Å²) in [5.41, 5.74) is 2.53. The third-order valence-electron chi connectivity index (χ3n) is 3.81. The molecule has 1 aromatic heterocycles. The highest BCUT2D eigenvalue weighted by Gasteiger charge is 2.16. The number of fused-ring (bicyclic) bond motifs is 1. The molecule has 0 atom stereocenters. The minimum atomic E-state index is -0.493. The Morgan fingerprint density at radius 1 is 1.20 bits per heavy atom. The van der Waals surface area contributed by atoms with Crippen LogP contribution in [0.15, 0.2) is 48.7 Å². The van der Waals surface area contributed by atoms with E-state index in [0.29, 0.717) is 16.9 Å². The van der Waals surface area contributed by atoms with Gasteiger partial charge < -0.3 is 18.8 Å². The van der Waals surface area contributed by atoms with E-state index in [0.717, 1.165) is 16.6 Å². The highest BCUT2D eigenvalue weighted by molar-refractivity contribution is 5.93. The number of hydrogen-bond donors (Lipinski definition) is 0. The van der Waals surface area contributed by atoms with Crippen LogP contribution >= 0.6 is 0 Å². The van der Waals surface area contributed by atoms with Crippen LogP contribution in [0.5, 0.6) is 5.75 Å². The van der Waals surface area contributed by atoms with Crippen molar-refractivity contribution < 1.29 is 19.0 Å². The zero-order chi connectivity index (χ0) is 17.8. The molecule has 0 aliphatic heterocycles. The number of ether oxygens (including phenoxy) is 3. The molecule has 25 heavy (non-hydrogen) atoms. The number of nitrogens with zero attached hydrogens (tertiary/aromatic N) is 2. The van der Waals surface area contributed by atoms with Crippen molar-refractivity contribution in [2.45, 2.75) is 0 Å². The van der Waals surface area contributed by atoms with Crippen molar-refractivity contribution in [1.29, 1.82) is 5.26 Å². The number of aromatic nitrogens is 1. The molecule has 0 bridgehead atoms. The van der Waals surface area contributed by atoms with E-state index in [4.69, 9.17) is 14.2 Å². The fourth-order valence-corrected chi connectivity index (χ4v) is 2.66. The fourth-order valence-electron chi connectivity index (χ4n) is 2.66. The summed E-state index contributed by atoms with van der Waals surface area (Å²) >= 11 is 0. The second-order valence-corrected chi connectivity index (χ2v) is 5.26. The first kappa shape index (κ1) is 16.6. The van der Waals surface area contributed by atoms with E-state index < -0.39 is 5.97 Å². The molecular formula is C19H16N2O4. The molecule has 2 aromatic carbocycles. The first-order valence-electron chi connectivity index (χ1n) is 7.54. The Kier molecular flexibility index (Phi) is 4.68. The van der Waals surface area contributed by atoms with Gasteiger partial charge in [-0.1, -0.05) is 18.2 Å². The van der Waals surface area contributed by atoms with Gasteiger partial charge in [0.05, 0.1) is 18.2 Å². The van der Waals surface area contributed by atoms with E-state index in [-0.39, 0.29) is 6.79 Å². The van der Waals surface area contributed by atoms with Crippen LogP contribution in [0.3, 0.4) is 0 Å². The number of esters is 1. The molecule has 6 nitrogen and oxygen atoms in total. The van der Waals surface area contributed by atoms with Gasteiger partial charge in [0.2, 0.25) is 0 Å². The lowest BCUT2D eigenvalue weighted by Gasteiger charge is -2.12. The summed E-state index contributed by atoms with van der Waals surface area (Å²) in [6.07, 6.45) is 1.76. The fraction of sp³-hybridized carbons (Fsp3) is 0.158. The molecule has 0 saturated heterocycles. The molecule has 0 amide bonds. The van der Waals surface area contributed by atoms with E-state index in [9.17, 15) is 10.1 Å². The molecule has 0 aliphatic carbocycles. The summed E-state index contributed by atoms with van der Waals surface area (Å²) in [4.78, 5) is 11.9. The molecule has 1 heterocycles. The Labute approximate surface area is 144 Å². The predicted octanol–water partition coefficient (Wildman–Crippen LogP) is 3.27. The number of rotatable bonds is 5. The third kappa shape index (κ3) is 3.05. The molecule has 3 rings (SSSR count). The van der Waals surface area contributed by atoms with Crippen molar-refractivity contribution in [2.24, 2.45) is 0 Å². The van der Waals surface area contributed by atoms with E-state index >= 15 is 0 Å². The number of methoxy groups -OCH3 is 2. The van der Waals surface area contributed by atoms with Gasteiger partial charge in [0.1, 0.15) is 17.4 Å². The molecule has 0 radical (unpaired) electrons. The topological polar surface area (TPSA) is 73.5 Å². The minimum absolute atomic E-state index is 0.00329. The molecule has 0 aliphatic rings. The van der Waals surface area contributed by atoms with Gasteiger partial charge in [0.25, 0.3) is 0 Å². The predicted molar refractivity (Wildman–Crippen MR) is 91.8 cm³/mol. The highest BCUT2D eigenvalue weighted by atomic mass is 16.7. The van der Waals surface area contributed by atoms with Gasteiger partial charge >= 0.3 is 5.97 Å². The van der Waals surface area contributed by atoms with Gasteiger partial charge in [0.15, 0.2) is 6.79 Å². The van der Waals surface area contributed by atoms with Gasteiger partial charge in [-0.25, -0.2) is 4.79 Å². The van der Waals surface area contributed by atoms with Gasteiger partial charge in [-0.2, -0.15) is 5.26 Å². The Morgan fingerprint density at radius 2 is 2.00 bits per heavy atom. The summed E-state index contributed by atoms with van der Waals surface area (Å²) in [7, 11) is 2.81. The number of hydrogen-bond acceptors (Lipinski definition) is 5. The molecule has 0 fully saturated rings. The van der Waals surface area contributed by atoms with Gasteiger partial charge in [-0.3, -0.25) is 0 Å². The largest absolute Gasteiger partial charge is 0.467 e. The average Bonchev–Trinajstić information content (AvgIpc) is 3.04. The second-order valence-electron chi connectivity index (χ2n) is 5.26. The summed E-state index contributed by atoms with van der Waals surface area (Å²) < 4.78 is 17.1. The van der Waals surface area contributed by atoms with E-state index in [1.807, 2.05) is 28.8 Å². The Morgan fingerprint density at radius 3 is 2.72 bits per heavy atom. The molecule has 0 saturated carbocycles. The quantitative estimate of drug-likeness (QED) is 0.528. The highest BCUT2D eigenvalue weighted by Crippen LogP contribution is 2.28. The van der Waals surface area contributed by atoms with Crippen LogP contribution in [0.25, 0.3) is 16.6 Å². The first-order chi connectivity index (χ1) is 12.2. The van der Waals surface area contributed by atoms with Crippen molar-refractivity contribution in [3.63, 3.8) is 0 Å². The Balaban J connectivity index is 2.15. The van der Waals surface area contributed by atoms with E-state index in [1.54, 1.807) is 24.4 Å². The van der Waals surface area contributed by atoms with Crippen LogP contribution in [-0.4, -0.2) is 31.5 Å². The van der Waals surface area contributed by atoms with E-state index in [2.05, 4.69) is 6.07 Å². The molecule has 126 valence electrons. The molecule has 0 N–H and O–H groups in total. The second kappa shape index (κ2) is 7.07. The van der Waals surface area contributed by atoms with Crippen molar-refractivity contribution in [3.05, 3.63) is 59.8 Å². The zero-order valence-electron chi connectivity index (χ0n) is 13.9. The molecule has 6 heteroatoms. The summed E-state index contributed by atoms with van der Waals surface area (Å²) in [6, 6.07) is 15.0. The van der Waals surface area contributed by atoms with Crippen LogP contribution in [0.2, 0.25) is 0 Å². The van der Waals surface area contributed by atoms with Crippen molar-refractivity contribution in [1.82, 2.24) is 4.57 Å². The first-order valence-corrected chi connectivity index (χ1v) is 7.54. The summed E-state index contributed by atoms with van der Waals surface area (Å²) in [6.45, 7) is 0.00329. The lowest BCUT2D eigenvalue weighted by Crippen LogP contribution is -2.08. The summed E-state index contributed by atoms with van der Waals surface area (Å²) in [5.74, 6) is -0.143. The average molecular weight is 336 g/mol. The van der Waals surface area contributed by atoms with Crippen LogP contribution in [-0.2, 0) is 9.47 Å². The number of nitriles is 1. The number of para-hydroxylation sites is 1. The van der Waals surface area contributed by atoms with Crippen LogP contribution in [0.1, 0.15) is 15.9 Å². The minimum Gasteiger partial charge on any atom is -0.467 e. The molecule has 0 unspecified atom stereocenters. The Bertz CT molecular complexity index is 969. The van der Waals surface area contributed by atoms with Gasteiger partial charge in [0, 0.05) is 30.4 Å². The van der Waals surface area contributed by atoms with E-state index in [1.165, 1.54) is 14.2 Å². The number of carbonyl (C=O) groups excluding carboxylic acids is 1. The maximum Gasteiger partial charge on any atom is 0.341 e. The van der Waals surface area contributed by atoms with Crippen LogP contribution in [0.4, 0.5) is 0 Å². The maximum atomic E-state index is 11.9. The zero-order valence-corrected chi connectivity index (χ0v) is 13.9. The molecule has 3 aromatic rings. The molecular weight excluding hydrogens is 320 g/mol. The Hall–Kier alpha value is -3.30. The number of benzene rings is 2. The smallest absolute Gasteiger partial charge is 0.341 e. The monoisotopic (exact) mass is 336 g/mol. The standard InChI is InChI=1S/C19H16N2O4/c1-23-12-25-18-9-14(7-8-16(18)19(22)24-2)21-11-13(10-20)15-5-3-4-6-17(15)21/h3-9,11H,12H2,1-2H3. The van der Waals surface area contributed by atoms with Crippen LogP contribution in [0, 0.1) is 11.3 Å². The van der Waals surface area contributed by atoms with Crippen molar-refractivity contribution in [3.8, 4) is 17.5 Å². The lowest BCUT2D eigenvalue weighted by molar-refractivity contribution is 0.0465. The summed E-state index contributed by atoms with van der Waals surface area (Å²) in [5, 5.41) is 10.2. The normalized spacial score (nSPS) is 10.4.